The van der Waals surface area contributed by atoms with Gasteiger partial charge in [0.1, 0.15) is 17.8 Å². The molecule has 5 rings (SSSR count). The number of ether oxygens (including phenoxy) is 2. The summed E-state index contributed by atoms with van der Waals surface area (Å²) < 4.78 is 11.9. The van der Waals surface area contributed by atoms with Crippen LogP contribution >= 0.6 is 0 Å². The van der Waals surface area contributed by atoms with E-state index in [-0.39, 0.29) is 29.0 Å². The molecule has 0 aromatic rings. The molecule has 4 heteroatoms. The van der Waals surface area contributed by atoms with E-state index in [0.29, 0.717) is 16.9 Å². The van der Waals surface area contributed by atoms with Crippen LogP contribution in [0.5, 0.6) is 0 Å². The van der Waals surface area contributed by atoms with E-state index in [0.717, 1.165) is 24.8 Å². The van der Waals surface area contributed by atoms with Crippen molar-refractivity contribution in [2.45, 2.75) is 83.7 Å². The summed E-state index contributed by atoms with van der Waals surface area (Å²) in [6, 6.07) is 0. The first-order valence-corrected chi connectivity index (χ1v) is 9.50. The lowest BCUT2D eigenvalue weighted by atomic mass is 9.43. The molecule has 0 bridgehead atoms. The van der Waals surface area contributed by atoms with Crippen molar-refractivity contribution in [2.24, 2.45) is 22.7 Å². The van der Waals surface area contributed by atoms with Crippen LogP contribution in [0.25, 0.3) is 0 Å². The summed E-state index contributed by atoms with van der Waals surface area (Å²) in [4.78, 5) is 12.1. The molecule has 4 fully saturated rings. The monoisotopic (exact) mass is 332 g/mol. The lowest BCUT2D eigenvalue weighted by Crippen LogP contribution is -2.63. The van der Waals surface area contributed by atoms with Gasteiger partial charge in [0.05, 0.1) is 0 Å². The number of epoxide rings is 1. The molecule has 1 N–H and O–H groups in total. The normalized spacial score (nSPS) is 54.4. The lowest BCUT2D eigenvalue weighted by Gasteiger charge is -2.61. The van der Waals surface area contributed by atoms with Crippen molar-refractivity contribution in [3.05, 3.63) is 11.1 Å². The largest absolute Gasteiger partial charge is 0.452 e. The molecule has 24 heavy (non-hydrogen) atoms. The maximum atomic E-state index is 12.1. The van der Waals surface area contributed by atoms with Crippen LogP contribution in [0, 0.1) is 22.7 Å². The summed E-state index contributed by atoms with van der Waals surface area (Å²) in [5, 5.41) is 11.3. The van der Waals surface area contributed by atoms with Crippen molar-refractivity contribution >= 4 is 5.97 Å². The van der Waals surface area contributed by atoms with Gasteiger partial charge >= 0.3 is 5.97 Å². The lowest BCUT2D eigenvalue weighted by molar-refractivity contribution is -0.174. The van der Waals surface area contributed by atoms with E-state index < -0.39 is 12.2 Å². The fourth-order valence-electron chi connectivity index (χ4n) is 7.33. The summed E-state index contributed by atoms with van der Waals surface area (Å²) in [5.74, 6) is 0.391. The van der Waals surface area contributed by atoms with Crippen molar-refractivity contribution in [2.75, 3.05) is 0 Å². The first-order chi connectivity index (χ1) is 11.2. The molecule has 3 saturated carbocycles. The Balaban J connectivity index is 1.61. The number of carbonyl (C=O) groups is 1. The quantitative estimate of drug-likeness (QED) is 0.547. The Morgan fingerprint density at radius 3 is 2.67 bits per heavy atom. The van der Waals surface area contributed by atoms with Gasteiger partial charge in [-0.05, 0) is 49.4 Å². The molecule has 3 aliphatic carbocycles. The smallest absolute Gasteiger partial charge is 0.334 e. The molecule has 7 atom stereocenters. The molecule has 0 aromatic carbocycles. The zero-order valence-corrected chi connectivity index (χ0v) is 15.1. The molecule has 0 radical (unpaired) electrons. The molecule has 4 nitrogen and oxygen atoms in total. The average Bonchev–Trinajstić information content (AvgIpc) is 3.10. The third kappa shape index (κ3) is 1.56. The highest BCUT2D eigenvalue weighted by molar-refractivity contribution is 5.92. The molecule has 2 heterocycles. The summed E-state index contributed by atoms with van der Waals surface area (Å²) >= 11 is 0. The molecule has 0 aromatic heterocycles. The van der Waals surface area contributed by atoms with Crippen LogP contribution in [0.3, 0.4) is 0 Å². The van der Waals surface area contributed by atoms with E-state index in [4.69, 9.17) is 9.47 Å². The van der Waals surface area contributed by atoms with Gasteiger partial charge in [-0.2, -0.15) is 0 Å². The minimum absolute atomic E-state index is 0.00911. The third-order valence-corrected chi connectivity index (χ3v) is 8.27. The van der Waals surface area contributed by atoms with Gasteiger partial charge in [-0.1, -0.05) is 27.2 Å². The molecular weight excluding hydrogens is 304 g/mol. The highest BCUT2D eigenvalue weighted by Crippen LogP contribution is 2.71. The number of carbonyl (C=O) groups excluding carboxylic acids is 1. The third-order valence-electron chi connectivity index (χ3n) is 8.27. The van der Waals surface area contributed by atoms with E-state index in [1.54, 1.807) is 0 Å². The van der Waals surface area contributed by atoms with E-state index in [9.17, 15) is 9.90 Å². The Kier molecular flexibility index (Phi) is 2.74. The van der Waals surface area contributed by atoms with E-state index in [1.807, 2.05) is 6.92 Å². The summed E-state index contributed by atoms with van der Waals surface area (Å²) in [5.41, 5.74) is 1.70. The number of aliphatic hydroxyl groups excluding tert-OH is 1. The molecule has 132 valence electrons. The van der Waals surface area contributed by atoms with E-state index >= 15 is 0 Å². The molecule has 1 saturated heterocycles. The molecule has 5 aliphatic rings. The Bertz CT molecular complexity index is 665. The Morgan fingerprint density at radius 2 is 1.92 bits per heavy atom. The zero-order chi connectivity index (χ0) is 17.1. The van der Waals surface area contributed by atoms with Crippen molar-refractivity contribution in [3.8, 4) is 0 Å². The van der Waals surface area contributed by atoms with Gasteiger partial charge in [-0.15, -0.1) is 0 Å². The molecule has 2 aliphatic heterocycles. The predicted octanol–water partition coefficient (Wildman–Crippen LogP) is 2.98. The van der Waals surface area contributed by atoms with Crippen LogP contribution in [-0.4, -0.2) is 35.0 Å². The second-order valence-corrected chi connectivity index (χ2v) is 9.77. The van der Waals surface area contributed by atoms with Crippen molar-refractivity contribution < 1.29 is 19.4 Å². The summed E-state index contributed by atoms with van der Waals surface area (Å²) in [6.07, 6.45) is 4.64. The minimum Gasteiger partial charge on any atom is -0.452 e. The van der Waals surface area contributed by atoms with Crippen LogP contribution in [0.2, 0.25) is 0 Å². The number of fused-ring (bicyclic) bond motifs is 4. The standard InChI is InChI=1S/C20H28O4/c1-10-12-14(23-17(10)22)13(21)15-19(4)8-5-7-18(2,3)11(19)6-9-20(15)16(12)24-20/h11,13-16,21H,5-9H2,1-4H3/t11-,13+,14+,15?,16-,19-,20+/m1/s1. The maximum absolute atomic E-state index is 12.1. The summed E-state index contributed by atoms with van der Waals surface area (Å²) in [7, 11) is 0. The average molecular weight is 332 g/mol. The van der Waals surface area contributed by atoms with Gasteiger partial charge in [0.25, 0.3) is 0 Å². The second kappa shape index (κ2) is 4.27. The van der Waals surface area contributed by atoms with Gasteiger partial charge in [-0.25, -0.2) is 4.79 Å². The van der Waals surface area contributed by atoms with E-state index in [1.165, 1.54) is 12.8 Å². The van der Waals surface area contributed by atoms with Crippen molar-refractivity contribution in [1.82, 2.24) is 0 Å². The SMILES string of the molecule is CC1=C2[C@H]3O[C@]34CC[C@@H]3C(C)(C)CCC[C@@]3(C)C4[C@@H](O)[C@H]2OC1=O. The molecule has 1 unspecified atom stereocenters. The Labute approximate surface area is 143 Å². The highest BCUT2D eigenvalue weighted by Gasteiger charge is 2.77. The maximum Gasteiger partial charge on any atom is 0.334 e. The van der Waals surface area contributed by atoms with Crippen LogP contribution < -0.4 is 0 Å². The van der Waals surface area contributed by atoms with Crippen LogP contribution in [0.4, 0.5) is 0 Å². The highest BCUT2D eigenvalue weighted by atomic mass is 16.6. The number of hydrogen-bond acceptors (Lipinski definition) is 4. The molecule has 1 spiro atoms. The van der Waals surface area contributed by atoms with Gasteiger partial charge in [0, 0.05) is 17.1 Å². The van der Waals surface area contributed by atoms with Crippen molar-refractivity contribution in [1.29, 1.82) is 0 Å². The van der Waals surface area contributed by atoms with Crippen LogP contribution in [0.15, 0.2) is 11.1 Å². The summed E-state index contributed by atoms with van der Waals surface area (Å²) in [6.45, 7) is 8.96. The number of aliphatic hydroxyl groups is 1. The Morgan fingerprint density at radius 1 is 1.17 bits per heavy atom. The first kappa shape index (κ1) is 15.4. The predicted molar refractivity (Wildman–Crippen MR) is 88.1 cm³/mol. The zero-order valence-electron chi connectivity index (χ0n) is 15.1. The number of rotatable bonds is 0. The van der Waals surface area contributed by atoms with Crippen molar-refractivity contribution in [3.63, 3.8) is 0 Å². The van der Waals surface area contributed by atoms with Crippen LogP contribution in [-0.2, 0) is 14.3 Å². The van der Waals surface area contributed by atoms with Gasteiger partial charge < -0.3 is 14.6 Å². The fourth-order valence-corrected chi connectivity index (χ4v) is 7.33. The molecular formula is C20H28O4. The minimum atomic E-state index is -0.637. The van der Waals surface area contributed by atoms with E-state index in [2.05, 4.69) is 20.8 Å². The van der Waals surface area contributed by atoms with Gasteiger partial charge in [0.2, 0.25) is 0 Å². The number of hydrogen-bond donors (Lipinski definition) is 1. The second-order valence-electron chi connectivity index (χ2n) is 9.77. The van der Waals surface area contributed by atoms with Gasteiger partial charge in [0.15, 0.2) is 6.10 Å². The fraction of sp³-hybridized carbons (Fsp3) is 0.850. The van der Waals surface area contributed by atoms with Gasteiger partial charge in [-0.3, -0.25) is 0 Å². The van der Waals surface area contributed by atoms with Crippen LogP contribution in [0.1, 0.15) is 59.8 Å². The number of esters is 1. The first-order valence-electron chi connectivity index (χ1n) is 9.50. The molecule has 0 amide bonds. The topological polar surface area (TPSA) is 59.1 Å². The Hall–Kier alpha value is -0.870.